The molecule has 1 amide bonds. The Bertz CT molecular complexity index is 1270. The number of nitrogen functional groups attached to an aromatic ring is 1. The van der Waals surface area contributed by atoms with E-state index in [4.69, 9.17) is 25.7 Å². The summed E-state index contributed by atoms with van der Waals surface area (Å²) in [6.07, 6.45) is -0.712. The van der Waals surface area contributed by atoms with Gasteiger partial charge in [-0.2, -0.15) is 0 Å². The lowest BCUT2D eigenvalue weighted by Gasteiger charge is -2.20. The van der Waals surface area contributed by atoms with Crippen LogP contribution in [0.5, 0.6) is 11.5 Å². The van der Waals surface area contributed by atoms with Crippen molar-refractivity contribution in [3.8, 4) is 11.5 Å². The summed E-state index contributed by atoms with van der Waals surface area (Å²) in [7, 11) is 0. The van der Waals surface area contributed by atoms with Crippen molar-refractivity contribution in [1.29, 1.82) is 5.41 Å². The Hall–Kier alpha value is -4.53. The molecule has 0 aliphatic carbocycles. The molecule has 0 aliphatic rings. The number of rotatable bonds is 12. The van der Waals surface area contributed by atoms with Crippen molar-refractivity contribution >= 4 is 29.1 Å². The SMILES string of the molecule is CCOc1cccc(CNc2ccc(C)cc2C(=O)Nc2ccc(C(=N)N)cc2)c1OC(C)CC(=O)O. The summed E-state index contributed by atoms with van der Waals surface area (Å²) < 4.78 is 11.7. The second-order valence-electron chi connectivity index (χ2n) is 8.55. The summed E-state index contributed by atoms with van der Waals surface area (Å²) in [5, 5.41) is 22.8. The van der Waals surface area contributed by atoms with Crippen LogP contribution >= 0.6 is 0 Å². The van der Waals surface area contributed by atoms with Gasteiger partial charge in [-0.1, -0.05) is 23.8 Å². The van der Waals surface area contributed by atoms with Gasteiger partial charge in [-0.3, -0.25) is 15.0 Å². The highest BCUT2D eigenvalue weighted by molar-refractivity contribution is 6.08. The number of carbonyl (C=O) groups is 2. The quantitative estimate of drug-likeness (QED) is 0.176. The number of hydrogen-bond donors (Lipinski definition) is 5. The number of ether oxygens (including phenoxy) is 2. The van der Waals surface area contributed by atoms with E-state index in [0.29, 0.717) is 47.2 Å². The third-order valence-electron chi connectivity index (χ3n) is 5.48. The highest BCUT2D eigenvalue weighted by Crippen LogP contribution is 2.33. The van der Waals surface area contributed by atoms with Crippen molar-refractivity contribution in [2.75, 3.05) is 17.2 Å². The Kier molecular flexibility index (Phi) is 9.10. The number of aryl methyl sites for hydroxylation is 1. The van der Waals surface area contributed by atoms with E-state index in [1.54, 1.807) is 43.3 Å². The average Bonchev–Trinajstić information content (AvgIpc) is 2.84. The first-order valence-corrected chi connectivity index (χ1v) is 11.9. The van der Waals surface area contributed by atoms with Gasteiger partial charge in [0.05, 0.1) is 18.6 Å². The number of nitrogens with two attached hydrogens (primary N) is 1. The number of para-hydroxylation sites is 1. The second kappa shape index (κ2) is 12.4. The van der Waals surface area contributed by atoms with Crippen molar-refractivity contribution in [3.05, 3.63) is 82.9 Å². The zero-order valence-corrected chi connectivity index (χ0v) is 21.1. The van der Waals surface area contributed by atoms with Crippen molar-refractivity contribution in [1.82, 2.24) is 0 Å². The topological polar surface area (TPSA) is 147 Å². The molecule has 0 aromatic heterocycles. The van der Waals surface area contributed by atoms with E-state index < -0.39 is 12.1 Å². The number of amidine groups is 1. The molecule has 0 spiro atoms. The van der Waals surface area contributed by atoms with Gasteiger partial charge in [0.1, 0.15) is 11.9 Å². The molecule has 9 heteroatoms. The lowest BCUT2D eigenvalue weighted by atomic mass is 10.1. The highest BCUT2D eigenvalue weighted by atomic mass is 16.5. The van der Waals surface area contributed by atoms with Crippen LogP contribution in [-0.2, 0) is 11.3 Å². The average molecular weight is 505 g/mol. The Morgan fingerprint density at radius 1 is 1.11 bits per heavy atom. The first-order valence-electron chi connectivity index (χ1n) is 11.9. The zero-order valence-electron chi connectivity index (χ0n) is 21.1. The maximum absolute atomic E-state index is 13.2. The van der Waals surface area contributed by atoms with Gasteiger partial charge in [0.25, 0.3) is 5.91 Å². The number of carboxylic acids is 1. The first kappa shape index (κ1) is 27.1. The molecule has 0 saturated heterocycles. The van der Waals surface area contributed by atoms with Gasteiger partial charge >= 0.3 is 5.97 Å². The fourth-order valence-corrected chi connectivity index (χ4v) is 3.71. The van der Waals surface area contributed by atoms with Crippen LogP contribution in [0.4, 0.5) is 11.4 Å². The van der Waals surface area contributed by atoms with Crippen molar-refractivity contribution in [3.63, 3.8) is 0 Å². The predicted molar refractivity (Wildman–Crippen MR) is 144 cm³/mol. The molecule has 1 unspecified atom stereocenters. The van der Waals surface area contributed by atoms with Crippen molar-refractivity contribution in [2.24, 2.45) is 5.73 Å². The molecule has 0 aliphatic heterocycles. The van der Waals surface area contributed by atoms with Crippen LogP contribution in [0.2, 0.25) is 0 Å². The van der Waals surface area contributed by atoms with E-state index in [2.05, 4.69) is 10.6 Å². The molecular weight excluding hydrogens is 472 g/mol. The summed E-state index contributed by atoms with van der Waals surface area (Å²) in [6, 6.07) is 17.7. The molecule has 0 radical (unpaired) electrons. The normalized spacial score (nSPS) is 11.3. The van der Waals surface area contributed by atoms with E-state index >= 15 is 0 Å². The van der Waals surface area contributed by atoms with E-state index in [0.717, 1.165) is 11.1 Å². The van der Waals surface area contributed by atoms with Gasteiger partial charge in [-0.25, -0.2) is 0 Å². The minimum atomic E-state index is -0.952. The molecule has 1 atom stereocenters. The van der Waals surface area contributed by atoms with Gasteiger partial charge in [0.2, 0.25) is 0 Å². The number of hydrogen-bond acceptors (Lipinski definition) is 6. The van der Waals surface area contributed by atoms with E-state index in [9.17, 15) is 9.59 Å². The highest BCUT2D eigenvalue weighted by Gasteiger charge is 2.18. The maximum Gasteiger partial charge on any atom is 0.307 e. The lowest BCUT2D eigenvalue weighted by molar-refractivity contribution is -0.138. The Morgan fingerprint density at radius 3 is 2.49 bits per heavy atom. The molecule has 0 fully saturated rings. The van der Waals surface area contributed by atoms with Crippen LogP contribution in [0.1, 0.15) is 47.3 Å². The van der Waals surface area contributed by atoms with Gasteiger partial charge in [-0.15, -0.1) is 0 Å². The molecular formula is C28H32N4O5. The minimum absolute atomic E-state index is 0.0443. The molecule has 194 valence electrons. The zero-order chi connectivity index (χ0) is 26.9. The molecule has 0 heterocycles. The number of aliphatic carboxylic acids is 1. The predicted octanol–water partition coefficient (Wildman–Crippen LogP) is 4.78. The van der Waals surface area contributed by atoms with Crippen LogP contribution in [0.3, 0.4) is 0 Å². The molecule has 3 rings (SSSR count). The number of carboxylic acid groups (broad SMARTS) is 1. The summed E-state index contributed by atoms with van der Waals surface area (Å²) in [6.45, 7) is 6.20. The van der Waals surface area contributed by atoms with Crippen LogP contribution in [0.25, 0.3) is 0 Å². The summed E-state index contributed by atoms with van der Waals surface area (Å²) >= 11 is 0. The molecule has 6 N–H and O–H groups in total. The van der Waals surface area contributed by atoms with Crippen LogP contribution in [0.15, 0.2) is 60.7 Å². The van der Waals surface area contributed by atoms with E-state index in [1.807, 2.05) is 38.1 Å². The standard InChI is InChI=1S/C28H32N4O5/c1-4-36-24-7-5-6-20(26(24)37-18(3)15-25(33)34)16-31-23-13-8-17(2)14-22(23)28(35)32-21-11-9-19(10-12-21)27(29)30/h5-14,18,31H,4,15-16H2,1-3H3,(H3,29,30)(H,32,35)(H,33,34). The number of anilines is 2. The van der Waals surface area contributed by atoms with Crippen LogP contribution in [-0.4, -0.2) is 35.5 Å². The largest absolute Gasteiger partial charge is 0.490 e. The Morgan fingerprint density at radius 2 is 1.84 bits per heavy atom. The second-order valence-corrected chi connectivity index (χ2v) is 8.55. The van der Waals surface area contributed by atoms with E-state index in [1.165, 1.54) is 0 Å². The maximum atomic E-state index is 13.2. The monoisotopic (exact) mass is 504 g/mol. The van der Waals surface area contributed by atoms with Gasteiger partial charge in [0, 0.05) is 29.0 Å². The fourth-order valence-electron chi connectivity index (χ4n) is 3.71. The van der Waals surface area contributed by atoms with Crippen LogP contribution < -0.4 is 25.8 Å². The molecule has 0 bridgehead atoms. The smallest absolute Gasteiger partial charge is 0.307 e. The fraction of sp³-hybridized carbons (Fsp3) is 0.250. The Balaban J connectivity index is 1.83. The Labute approximate surface area is 216 Å². The number of nitrogens with one attached hydrogen (secondary N) is 3. The minimum Gasteiger partial charge on any atom is -0.490 e. The summed E-state index contributed by atoms with van der Waals surface area (Å²) in [5.74, 6) is -0.301. The van der Waals surface area contributed by atoms with Crippen LogP contribution in [0, 0.1) is 12.3 Å². The van der Waals surface area contributed by atoms with Gasteiger partial charge < -0.3 is 30.9 Å². The molecule has 37 heavy (non-hydrogen) atoms. The molecule has 3 aromatic carbocycles. The molecule has 9 nitrogen and oxygen atoms in total. The third-order valence-corrected chi connectivity index (χ3v) is 5.48. The number of amides is 1. The third kappa shape index (κ3) is 7.47. The van der Waals surface area contributed by atoms with Crippen molar-refractivity contribution < 1.29 is 24.2 Å². The van der Waals surface area contributed by atoms with Gasteiger partial charge in [0.15, 0.2) is 11.5 Å². The first-order chi connectivity index (χ1) is 17.7. The van der Waals surface area contributed by atoms with E-state index in [-0.39, 0.29) is 18.2 Å². The van der Waals surface area contributed by atoms with Gasteiger partial charge in [-0.05, 0) is 63.2 Å². The number of carbonyl (C=O) groups excluding carboxylic acids is 1. The summed E-state index contributed by atoms with van der Waals surface area (Å²) in [4.78, 5) is 24.3. The molecule has 0 saturated carbocycles. The number of benzene rings is 3. The molecule has 3 aromatic rings. The lowest BCUT2D eigenvalue weighted by Crippen LogP contribution is -2.19. The van der Waals surface area contributed by atoms with Crippen molar-refractivity contribution in [2.45, 2.75) is 39.8 Å². The summed E-state index contributed by atoms with van der Waals surface area (Å²) in [5.41, 5.74) is 9.41.